The molecule has 8 heteroatoms. The minimum absolute atomic E-state index is 0.0452. The van der Waals surface area contributed by atoms with Gasteiger partial charge in [-0.25, -0.2) is 13.1 Å². The van der Waals surface area contributed by atoms with Gasteiger partial charge in [0.15, 0.2) is 0 Å². The smallest absolute Gasteiger partial charge is 0.257 e. The third-order valence-corrected chi connectivity index (χ3v) is 5.59. The van der Waals surface area contributed by atoms with Gasteiger partial charge in [0.05, 0.1) is 15.5 Å². The Morgan fingerprint density at radius 2 is 1.57 bits per heavy atom. The van der Waals surface area contributed by atoms with Gasteiger partial charge < -0.3 is 10.1 Å². The van der Waals surface area contributed by atoms with Crippen LogP contribution in [0.1, 0.15) is 10.4 Å². The van der Waals surface area contributed by atoms with E-state index >= 15 is 0 Å². The Balaban J connectivity index is 1.75. The van der Waals surface area contributed by atoms with Crippen LogP contribution in [-0.4, -0.2) is 21.4 Å². The van der Waals surface area contributed by atoms with Crippen molar-refractivity contribution in [3.8, 4) is 11.5 Å². The molecule has 0 aromatic heterocycles. The van der Waals surface area contributed by atoms with Crippen LogP contribution >= 0.6 is 11.6 Å². The number of benzene rings is 3. The zero-order valence-corrected chi connectivity index (χ0v) is 16.4. The maximum atomic E-state index is 12.5. The van der Waals surface area contributed by atoms with Crippen LogP contribution in [0.5, 0.6) is 11.5 Å². The lowest BCUT2D eigenvalue weighted by atomic mass is 10.2. The maximum Gasteiger partial charge on any atom is 0.257 e. The molecule has 0 aliphatic heterocycles. The highest BCUT2D eigenvalue weighted by atomic mass is 35.5. The number of ether oxygens (including phenoxy) is 1. The second-order valence-corrected chi connectivity index (χ2v) is 8.04. The monoisotopic (exact) mass is 416 g/mol. The first-order valence-electron chi connectivity index (χ1n) is 8.26. The Kier molecular flexibility index (Phi) is 5.99. The highest BCUT2D eigenvalue weighted by Crippen LogP contribution is 2.24. The Labute approximate surface area is 168 Å². The maximum absolute atomic E-state index is 12.5. The Hall–Kier alpha value is -2.87. The summed E-state index contributed by atoms with van der Waals surface area (Å²) in [6.45, 7) is 0. The van der Waals surface area contributed by atoms with Gasteiger partial charge in [-0.3, -0.25) is 4.79 Å². The highest BCUT2D eigenvalue weighted by molar-refractivity contribution is 7.89. The summed E-state index contributed by atoms with van der Waals surface area (Å²) in [5.41, 5.74) is 0.575. The molecule has 144 valence electrons. The summed E-state index contributed by atoms with van der Waals surface area (Å²) in [4.78, 5) is 12.5. The highest BCUT2D eigenvalue weighted by Gasteiger charge is 2.17. The third-order valence-electron chi connectivity index (χ3n) is 3.85. The molecule has 3 rings (SSSR count). The van der Waals surface area contributed by atoms with Gasteiger partial charge in [0, 0.05) is 5.69 Å². The lowest BCUT2D eigenvalue weighted by molar-refractivity contribution is 0.102. The number of rotatable bonds is 6. The number of carbonyl (C=O) groups excluding carboxylic acids is 1. The van der Waals surface area contributed by atoms with Crippen molar-refractivity contribution in [1.29, 1.82) is 0 Å². The van der Waals surface area contributed by atoms with Gasteiger partial charge in [-0.2, -0.15) is 0 Å². The predicted molar refractivity (Wildman–Crippen MR) is 109 cm³/mol. The van der Waals surface area contributed by atoms with E-state index in [1.54, 1.807) is 24.3 Å². The number of para-hydroxylation sites is 1. The van der Waals surface area contributed by atoms with Crippen molar-refractivity contribution in [1.82, 2.24) is 4.72 Å². The van der Waals surface area contributed by atoms with Crippen LogP contribution in [-0.2, 0) is 10.0 Å². The van der Waals surface area contributed by atoms with Crippen molar-refractivity contribution in [3.05, 3.63) is 83.4 Å². The molecule has 0 atom stereocenters. The molecule has 0 saturated carbocycles. The molecule has 0 aliphatic rings. The van der Waals surface area contributed by atoms with Gasteiger partial charge in [-0.05, 0) is 61.6 Å². The zero-order chi connectivity index (χ0) is 20.1. The van der Waals surface area contributed by atoms with Crippen LogP contribution in [0.3, 0.4) is 0 Å². The second kappa shape index (κ2) is 8.43. The van der Waals surface area contributed by atoms with E-state index in [0.717, 1.165) is 0 Å². The van der Waals surface area contributed by atoms with Crippen LogP contribution < -0.4 is 14.8 Å². The van der Waals surface area contributed by atoms with Gasteiger partial charge in [0.25, 0.3) is 5.91 Å². The first-order valence-corrected chi connectivity index (χ1v) is 10.1. The van der Waals surface area contributed by atoms with Crippen LogP contribution in [0, 0.1) is 0 Å². The van der Waals surface area contributed by atoms with Crippen LogP contribution in [0.2, 0.25) is 5.02 Å². The molecule has 0 heterocycles. The van der Waals surface area contributed by atoms with Crippen molar-refractivity contribution in [2.24, 2.45) is 0 Å². The Morgan fingerprint density at radius 1 is 0.929 bits per heavy atom. The van der Waals surface area contributed by atoms with E-state index in [1.165, 1.54) is 25.2 Å². The van der Waals surface area contributed by atoms with Crippen LogP contribution in [0.25, 0.3) is 0 Å². The minimum atomic E-state index is -3.68. The standard InChI is InChI=1S/C20H17ClN2O4S/c1-22-28(25,26)17-11-12-19(21)18(13-17)20(24)23-14-7-9-16(10-8-14)27-15-5-3-2-4-6-15/h2-13,22H,1H3,(H,23,24). The van der Waals surface area contributed by atoms with E-state index < -0.39 is 15.9 Å². The molecule has 0 spiro atoms. The van der Waals surface area contributed by atoms with Gasteiger partial charge in [-0.15, -0.1) is 0 Å². The summed E-state index contributed by atoms with van der Waals surface area (Å²) in [6.07, 6.45) is 0. The summed E-state index contributed by atoms with van der Waals surface area (Å²) in [5, 5.41) is 2.84. The molecule has 3 aromatic carbocycles. The number of hydrogen-bond donors (Lipinski definition) is 2. The fourth-order valence-electron chi connectivity index (χ4n) is 2.39. The van der Waals surface area contributed by atoms with Gasteiger partial charge >= 0.3 is 0 Å². The summed E-state index contributed by atoms with van der Waals surface area (Å²) >= 11 is 6.07. The first-order chi connectivity index (χ1) is 13.4. The van der Waals surface area contributed by atoms with E-state index in [-0.39, 0.29) is 15.5 Å². The number of sulfonamides is 1. The molecular weight excluding hydrogens is 400 g/mol. The van der Waals surface area contributed by atoms with Gasteiger partial charge in [0.2, 0.25) is 10.0 Å². The second-order valence-electron chi connectivity index (χ2n) is 5.74. The number of nitrogens with one attached hydrogen (secondary N) is 2. The number of halogens is 1. The molecule has 28 heavy (non-hydrogen) atoms. The van der Waals surface area contributed by atoms with E-state index in [2.05, 4.69) is 10.0 Å². The molecular formula is C20H17ClN2O4S. The molecule has 0 fully saturated rings. The lowest BCUT2D eigenvalue weighted by Crippen LogP contribution is -2.20. The Bertz CT molecular complexity index is 1080. The predicted octanol–water partition coefficient (Wildman–Crippen LogP) is 4.29. The molecule has 2 N–H and O–H groups in total. The van der Waals surface area contributed by atoms with Crippen LogP contribution in [0.4, 0.5) is 5.69 Å². The van der Waals surface area contributed by atoms with Crippen molar-refractivity contribution in [3.63, 3.8) is 0 Å². The SMILES string of the molecule is CNS(=O)(=O)c1ccc(Cl)c(C(=O)Nc2ccc(Oc3ccccc3)cc2)c1. The van der Waals surface area contributed by atoms with Crippen molar-refractivity contribution >= 4 is 33.2 Å². The summed E-state index contributed by atoms with van der Waals surface area (Å²) in [6, 6.07) is 20.0. The fourth-order valence-corrected chi connectivity index (χ4v) is 3.35. The number of amides is 1. The molecule has 0 aliphatic carbocycles. The number of carbonyl (C=O) groups is 1. The Morgan fingerprint density at radius 3 is 2.21 bits per heavy atom. The number of anilines is 1. The quantitative estimate of drug-likeness (QED) is 0.627. The largest absolute Gasteiger partial charge is 0.457 e. The molecule has 0 bridgehead atoms. The van der Waals surface area contributed by atoms with Crippen molar-refractivity contribution < 1.29 is 17.9 Å². The van der Waals surface area contributed by atoms with Crippen LogP contribution in [0.15, 0.2) is 77.7 Å². The fraction of sp³-hybridized carbons (Fsp3) is 0.0500. The van der Waals surface area contributed by atoms with E-state index in [0.29, 0.717) is 17.2 Å². The van der Waals surface area contributed by atoms with Crippen molar-refractivity contribution in [2.75, 3.05) is 12.4 Å². The minimum Gasteiger partial charge on any atom is -0.457 e. The zero-order valence-electron chi connectivity index (χ0n) is 14.8. The third kappa shape index (κ3) is 4.69. The molecule has 6 nitrogen and oxygen atoms in total. The first kappa shape index (κ1) is 19.9. The van der Waals surface area contributed by atoms with Gasteiger partial charge in [-0.1, -0.05) is 29.8 Å². The lowest BCUT2D eigenvalue weighted by Gasteiger charge is -2.10. The van der Waals surface area contributed by atoms with E-state index in [1.807, 2.05) is 30.3 Å². The summed E-state index contributed by atoms with van der Waals surface area (Å²) in [5.74, 6) is 0.799. The molecule has 0 saturated heterocycles. The van der Waals surface area contributed by atoms with E-state index in [4.69, 9.17) is 16.3 Å². The summed E-state index contributed by atoms with van der Waals surface area (Å²) in [7, 11) is -2.39. The van der Waals surface area contributed by atoms with Crippen molar-refractivity contribution in [2.45, 2.75) is 4.90 Å². The summed E-state index contributed by atoms with van der Waals surface area (Å²) < 4.78 is 31.8. The number of hydrogen-bond acceptors (Lipinski definition) is 4. The normalized spacial score (nSPS) is 11.1. The average molecular weight is 417 g/mol. The molecule has 0 unspecified atom stereocenters. The van der Waals surface area contributed by atoms with Gasteiger partial charge in [0.1, 0.15) is 11.5 Å². The molecule has 1 amide bonds. The molecule has 0 radical (unpaired) electrons. The topological polar surface area (TPSA) is 84.5 Å². The average Bonchev–Trinajstić information content (AvgIpc) is 2.70. The van der Waals surface area contributed by atoms with E-state index in [9.17, 15) is 13.2 Å². The molecule has 3 aromatic rings.